The molecule has 0 aliphatic carbocycles. The van der Waals surface area contributed by atoms with Crippen molar-refractivity contribution in [2.45, 2.75) is 45.1 Å². The number of hydrogen-bond donors (Lipinski definition) is 2. The normalized spacial score (nSPS) is 14.4. The molecule has 1 fully saturated rings. The van der Waals surface area contributed by atoms with Crippen molar-refractivity contribution in [2.24, 2.45) is 0 Å². The number of nitrogens with zero attached hydrogens (tertiary/aromatic N) is 1. The maximum absolute atomic E-state index is 12.9. The van der Waals surface area contributed by atoms with Gasteiger partial charge in [0.2, 0.25) is 0 Å². The third-order valence-electron chi connectivity index (χ3n) is 7.54. The number of ether oxygens (including phenoxy) is 1. The van der Waals surface area contributed by atoms with Crippen molar-refractivity contribution in [2.75, 3.05) is 26.2 Å². The van der Waals surface area contributed by atoms with Gasteiger partial charge in [-0.15, -0.1) is 0 Å². The van der Waals surface area contributed by atoms with E-state index >= 15 is 0 Å². The van der Waals surface area contributed by atoms with E-state index in [4.69, 9.17) is 20.8 Å². The van der Waals surface area contributed by atoms with Crippen molar-refractivity contribution < 1.29 is 28.6 Å². The van der Waals surface area contributed by atoms with Crippen molar-refractivity contribution >= 4 is 28.4 Å². The zero-order valence-electron chi connectivity index (χ0n) is 24.9. The van der Waals surface area contributed by atoms with E-state index in [1.165, 1.54) is 42.5 Å². The molecule has 0 unspecified atom stereocenters. The Hall–Kier alpha value is -3.98. The number of hydrogen-bond acceptors (Lipinski definition) is 7. The smallest absolute Gasteiger partial charge is 0.336 e. The Balaban J connectivity index is 0.000000215. The number of halogens is 2. The van der Waals surface area contributed by atoms with Crippen LogP contribution in [-0.4, -0.2) is 47.1 Å². The highest BCUT2D eigenvalue weighted by molar-refractivity contribution is 6.30. The highest BCUT2D eigenvalue weighted by atomic mass is 35.5. The Morgan fingerprint density at radius 2 is 1.73 bits per heavy atom. The molecule has 1 aliphatic rings. The second-order valence-electron chi connectivity index (χ2n) is 11.1. The van der Waals surface area contributed by atoms with Crippen molar-refractivity contribution in [3.8, 4) is 11.5 Å². The van der Waals surface area contributed by atoms with E-state index in [1.807, 2.05) is 44.2 Å². The lowest BCUT2D eigenvalue weighted by Crippen LogP contribution is -2.42. The number of rotatable bonds is 9. The summed E-state index contributed by atoms with van der Waals surface area (Å²) in [7, 11) is 0. The number of ketones is 1. The van der Waals surface area contributed by atoms with E-state index in [9.17, 15) is 24.2 Å². The Bertz CT molecular complexity index is 1640. The molecule has 2 heterocycles. The minimum atomic E-state index is -0.801. The molecule has 7 nitrogen and oxygen atoms in total. The molecular formula is C35H37ClFNO6. The monoisotopic (exact) mass is 621 g/mol. The van der Waals surface area contributed by atoms with Crippen LogP contribution < -0.4 is 10.4 Å². The van der Waals surface area contributed by atoms with E-state index in [0.29, 0.717) is 53.2 Å². The van der Waals surface area contributed by atoms with Crippen molar-refractivity contribution in [3.63, 3.8) is 0 Å². The summed E-state index contributed by atoms with van der Waals surface area (Å²) >= 11 is 5.92. The maximum Gasteiger partial charge on any atom is 0.336 e. The molecule has 4 aromatic rings. The Labute approximate surface area is 261 Å². The van der Waals surface area contributed by atoms with E-state index in [1.54, 1.807) is 6.07 Å². The van der Waals surface area contributed by atoms with Crippen LogP contribution in [-0.2, 0) is 5.60 Å². The number of allylic oxidation sites excluding steroid dienone is 1. The molecule has 0 atom stereocenters. The fourth-order valence-corrected chi connectivity index (χ4v) is 5.06. The summed E-state index contributed by atoms with van der Waals surface area (Å²) in [5.41, 5.74) is 1.76. The summed E-state index contributed by atoms with van der Waals surface area (Å²) in [4.78, 5) is 25.5. The van der Waals surface area contributed by atoms with Gasteiger partial charge in [0.05, 0.1) is 5.60 Å². The molecule has 44 heavy (non-hydrogen) atoms. The van der Waals surface area contributed by atoms with Crippen LogP contribution in [0.2, 0.25) is 5.02 Å². The minimum absolute atomic E-state index is 0.0264. The molecule has 1 aromatic heterocycles. The summed E-state index contributed by atoms with van der Waals surface area (Å²) in [6.45, 7) is 6.70. The third-order valence-corrected chi connectivity index (χ3v) is 7.79. The van der Waals surface area contributed by atoms with Crippen LogP contribution in [0, 0.1) is 5.82 Å². The Kier molecular flexibility index (Phi) is 11.3. The van der Waals surface area contributed by atoms with Gasteiger partial charge in [-0.2, -0.15) is 0 Å². The van der Waals surface area contributed by atoms with Gasteiger partial charge in [0.25, 0.3) is 0 Å². The fraction of sp³-hybridized carbons (Fsp3) is 0.314. The molecular weight excluding hydrogens is 585 g/mol. The molecule has 9 heteroatoms. The third kappa shape index (κ3) is 9.26. The molecule has 0 spiro atoms. The van der Waals surface area contributed by atoms with Gasteiger partial charge >= 0.3 is 5.63 Å². The van der Waals surface area contributed by atoms with Gasteiger partial charge in [-0.3, -0.25) is 4.79 Å². The number of aliphatic hydroxyl groups is 1. The van der Waals surface area contributed by atoms with Gasteiger partial charge in [0.1, 0.15) is 18.0 Å². The number of carbonyl (C=O) groups excluding carboxylic acids is 1. The second kappa shape index (κ2) is 15.1. The van der Waals surface area contributed by atoms with Crippen molar-refractivity contribution in [1.29, 1.82) is 0 Å². The van der Waals surface area contributed by atoms with Crippen LogP contribution in [0.3, 0.4) is 0 Å². The number of aromatic hydroxyl groups is 1. The van der Waals surface area contributed by atoms with Crippen LogP contribution in [0.15, 0.2) is 93.7 Å². The average molecular weight is 622 g/mol. The largest absolute Gasteiger partial charge is 0.504 e. The summed E-state index contributed by atoms with van der Waals surface area (Å²) < 4.78 is 23.3. The van der Waals surface area contributed by atoms with Crippen LogP contribution in [0.25, 0.3) is 11.0 Å². The van der Waals surface area contributed by atoms with Crippen molar-refractivity contribution in [3.05, 3.63) is 117 Å². The molecule has 5 rings (SSSR count). The van der Waals surface area contributed by atoms with Crippen molar-refractivity contribution in [1.82, 2.24) is 4.90 Å². The number of carbonyl (C=O) groups is 1. The van der Waals surface area contributed by atoms with Gasteiger partial charge in [-0.1, -0.05) is 29.3 Å². The maximum atomic E-state index is 12.9. The van der Waals surface area contributed by atoms with Gasteiger partial charge in [-0.05, 0) is 99.8 Å². The second-order valence-corrected chi connectivity index (χ2v) is 11.6. The summed E-state index contributed by atoms with van der Waals surface area (Å²) in [6.07, 6.45) is 4.44. The summed E-state index contributed by atoms with van der Waals surface area (Å²) in [6, 6.07) is 19.0. The topological polar surface area (TPSA) is 100 Å². The molecule has 0 amide bonds. The number of likely N-dealkylation sites (tertiary alicyclic amines) is 1. The van der Waals surface area contributed by atoms with Gasteiger partial charge < -0.3 is 24.3 Å². The standard InChI is InChI=1S/C21H23ClFNO2.C14H14O4/c22-18-7-5-17(6-8-18)21(26)11-14-24(15-12-21)13-1-2-20(25)16-3-9-19(23)10-4-16;1-9(2)5-6-17-13-8-12-10(7-11(13)15)3-4-14(16)18-12/h3-10,26H,1-2,11-15H2;3-5,7-8,15H,6H2,1-2H3. The SMILES string of the molecule is CC(C)=CCOc1cc2oc(=O)ccc2cc1O.O=C(CCCN1CCC(O)(c2ccc(Cl)cc2)CC1)c1ccc(F)cc1. The number of phenolic OH excluding ortho intramolecular Hbond substituents is 1. The molecule has 0 radical (unpaired) electrons. The van der Waals surface area contributed by atoms with Gasteiger partial charge in [-0.25, -0.2) is 9.18 Å². The lowest BCUT2D eigenvalue weighted by molar-refractivity contribution is -0.0260. The Morgan fingerprint density at radius 1 is 1.05 bits per heavy atom. The zero-order valence-corrected chi connectivity index (χ0v) is 25.6. The fourth-order valence-electron chi connectivity index (χ4n) is 4.94. The van der Waals surface area contributed by atoms with Crippen LogP contribution in [0.4, 0.5) is 4.39 Å². The van der Waals surface area contributed by atoms with E-state index in [0.717, 1.165) is 37.2 Å². The quantitative estimate of drug-likeness (QED) is 0.115. The first-order valence-electron chi connectivity index (χ1n) is 14.5. The molecule has 0 saturated carbocycles. The number of benzene rings is 3. The lowest BCUT2D eigenvalue weighted by atomic mass is 9.84. The Morgan fingerprint density at radius 3 is 2.39 bits per heavy atom. The number of fused-ring (bicyclic) bond motifs is 1. The molecule has 2 N–H and O–H groups in total. The molecule has 1 saturated heterocycles. The highest BCUT2D eigenvalue weighted by Gasteiger charge is 2.33. The highest BCUT2D eigenvalue weighted by Crippen LogP contribution is 2.33. The molecule has 1 aliphatic heterocycles. The zero-order chi connectivity index (χ0) is 31.7. The first-order chi connectivity index (χ1) is 21.0. The van der Waals surface area contributed by atoms with E-state index in [-0.39, 0.29) is 17.3 Å². The lowest BCUT2D eigenvalue weighted by Gasteiger charge is -2.38. The average Bonchev–Trinajstić information content (AvgIpc) is 2.99. The number of phenols is 1. The van der Waals surface area contributed by atoms with Crippen LogP contribution >= 0.6 is 11.6 Å². The first-order valence-corrected chi connectivity index (χ1v) is 14.9. The number of piperidine rings is 1. The molecule has 3 aromatic carbocycles. The summed E-state index contributed by atoms with van der Waals surface area (Å²) in [5, 5.41) is 22.0. The van der Waals surface area contributed by atoms with Crippen LogP contribution in [0.5, 0.6) is 11.5 Å². The van der Waals surface area contributed by atoms with Gasteiger partial charge in [0.15, 0.2) is 17.3 Å². The molecule has 232 valence electrons. The molecule has 0 bridgehead atoms. The predicted molar refractivity (Wildman–Crippen MR) is 170 cm³/mol. The van der Waals surface area contributed by atoms with E-state index in [2.05, 4.69) is 4.90 Å². The van der Waals surface area contributed by atoms with Gasteiger partial charge in [0, 0.05) is 47.6 Å². The number of Topliss-reactive ketones (excluding diaryl/α,β-unsaturated/α-hetero) is 1. The minimum Gasteiger partial charge on any atom is -0.504 e. The predicted octanol–water partition coefficient (Wildman–Crippen LogP) is 7.27. The first kappa shape index (κ1) is 32.9. The summed E-state index contributed by atoms with van der Waals surface area (Å²) in [5.74, 6) is 0.0376. The van der Waals surface area contributed by atoms with E-state index < -0.39 is 11.2 Å². The van der Waals surface area contributed by atoms with Crippen LogP contribution in [0.1, 0.15) is 55.5 Å².